The van der Waals surface area contributed by atoms with Crippen molar-refractivity contribution in [1.82, 2.24) is 10.0 Å². The quantitative estimate of drug-likeness (QED) is 0.771. The molecule has 0 heterocycles. The normalized spacial score (nSPS) is 30.4. The van der Waals surface area contributed by atoms with E-state index in [4.69, 9.17) is 0 Å². The number of hydrogen-bond acceptors (Lipinski definition) is 3. The maximum Gasteiger partial charge on any atom is 0.251 e. The molecule has 138 valence electrons. The van der Waals surface area contributed by atoms with Crippen molar-refractivity contribution in [3.8, 4) is 0 Å². The third-order valence-electron chi connectivity index (χ3n) is 6.30. The maximum absolute atomic E-state index is 12.8. The largest absolute Gasteiger partial charge is 0.348 e. The molecule has 2 unspecified atom stereocenters. The van der Waals surface area contributed by atoms with Crippen LogP contribution in [0.4, 0.5) is 0 Å². The summed E-state index contributed by atoms with van der Waals surface area (Å²) in [5.41, 5.74) is 0.538. The Balaban J connectivity index is 1.89. The van der Waals surface area contributed by atoms with Gasteiger partial charge in [-0.3, -0.25) is 4.79 Å². The number of carbonyl (C=O) groups is 1. The van der Waals surface area contributed by atoms with E-state index in [0.717, 1.165) is 12.8 Å². The molecule has 5 nitrogen and oxygen atoms in total. The van der Waals surface area contributed by atoms with Gasteiger partial charge in [0, 0.05) is 16.1 Å². The molecule has 2 aliphatic carbocycles. The Hall–Kier alpha value is -0.920. The van der Waals surface area contributed by atoms with Crippen molar-refractivity contribution in [3.63, 3.8) is 0 Å². The van der Waals surface area contributed by atoms with Crippen LogP contribution < -0.4 is 10.0 Å². The predicted octanol–water partition coefficient (Wildman–Crippen LogP) is 3.30. The van der Waals surface area contributed by atoms with Gasteiger partial charge in [-0.05, 0) is 77.2 Å². The molecule has 7 heteroatoms. The second-order valence-electron chi connectivity index (χ2n) is 8.17. The van der Waals surface area contributed by atoms with Gasteiger partial charge in [0.15, 0.2) is 0 Å². The van der Waals surface area contributed by atoms with Crippen molar-refractivity contribution in [2.45, 2.75) is 51.0 Å². The lowest BCUT2D eigenvalue weighted by Crippen LogP contribution is -2.52. The minimum atomic E-state index is -3.63. The number of halogens is 1. The fourth-order valence-corrected chi connectivity index (χ4v) is 6.55. The van der Waals surface area contributed by atoms with E-state index in [-0.39, 0.29) is 27.7 Å². The summed E-state index contributed by atoms with van der Waals surface area (Å²) in [6.07, 6.45) is 3.50. The number of sulfonamides is 1. The first-order valence-corrected chi connectivity index (χ1v) is 10.8. The highest BCUT2D eigenvalue weighted by Crippen LogP contribution is 2.62. The lowest BCUT2D eigenvalue weighted by molar-refractivity contribution is 0.0737. The number of nitrogens with one attached hydrogen (secondary N) is 2. The molecule has 1 amide bonds. The van der Waals surface area contributed by atoms with Crippen molar-refractivity contribution < 1.29 is 13.2 Å². The summed E-state index contributed by atoms with van der Waals surface area (Å²) < 4.78 is 27.0. The van der Waals surface area contributed by atoms with Gasteiger partial charge < -0.3 is 5.32 Å². The lowest BCUT2D eigenvalue weighted by atomic mass is 9.68. The molecular formula is C18H25BrN2O3S. The molecule has 2 saturated carbocycles. The number of rotatable bonds is 4. The van der Waals surface area contributed by atoms with E-state index >= 15 is 0 Å². The molecule has 3 rings (SSSR count). The van der Waals surface area contributed by atoms with Gasteiger partial charge in [0.05, 0.1) is 4.90 Å². The second-order valence-corrected chi connectivity index (χ2v) is 10.9. The van der Waals surface area contributed by atoms with Gasteiger partial charge in [0.25, 0.3) is 5.91 Å². The minimum absolute atomic E-state index is 0.0535. The van der Waals surface area contributed by atoms with Crippen molar-refractivity contribution in [2.24, 2.45) is 16.7 Å². The maximum atomic E-state index is 12.8. The lowest BCUT2D eigenvalue weighted by Gasteiger charge is -2.43. The molecular weight excluding hydrogens is 404 g/mol. The zero-order valence-electron chi connectivity index (χ0n) is 15.0. The molecule has 0 aliphatic heterocycles. The van der Waals surface area contributed by atoms with E-state index in [1.54, 1.807) is 12.1 Å². The van der Waals surface area contributed by atoms with Crippen molar-refractivity contribution in [2.75, 3.05) is 7.05 Å². The highest BCUT2D eigenvalue weighted by molar-refractivity contribution is 9.10. The first kappa shape index (κ1) is 18.9. The topological polar surface area (TPSA) is 75.3 Å². The van der Waals surface area contributed by atoms with Crippen LogP contribution in [0.25, 0.3) is 0 Å². The Bertz CT molecular complexity index is 817. The Labute approximate surface area is 158 Å². The molecule has 25 heavy (non-hydrogen) atoms. The standard InChI is InChI=1S/C18H25BrN2O3S/c1-17(2)12-7-8-18(3,10-12)16(17)21-15(22)11-5-6-13(19)14(9-11)25(23,24)20-4/h5-6,9,12,16,20H,7-8,10H2,1-4H3,(H,21,22)/t12-,16?,18?/m1/s1. The number of hydrogen-bond donors (Lipinski definition) is 2. The molecule has 0 radical (unpaired) electrons. The Morgan fingerprint density at radius 1 is 1.28 bits per heavy atom. The smallest absolute Gasteiger partial charge is 0.251 e. The molecule has 0 saturated heterocycles. The van der Waals surface area contributed by atoms with Crippen molar-refractivity contribution in [1.29, 1.82) is 0 Å². The van der Waals surface area contributed by atoms with Crippen LogP contribution >= 0.6 is 15.9 Å². The van der Waals surface area contributed by atoms with Crippen molar-refractivity contribution in [3.05, 3.63) is 28.2 Å². The Morgan fingerprint density at radius 2 is 1.96 bits per heavy atom. The fraction of sp³-hybridized carbons (Fsp3) is 0.611. The summed E-state index contributed by atoms with van der Waals surface area (Å²) in [6, 6.07) is 4.77. The summed E-state index contributed by atoms with van der Waals surface area (Å²) >= 11 is 3.25. The third-order valence-corrected chi connectivity index (χ3v) is 8.71. The fourth-order valence-electron chi connectivity index (χ4n) is 4.84. The minimum Gasteiger partial charge on any atom is -0.348 e. The molecule has 2 fully saturated rings. The summed E-state index contributed by atoms with van der Waals surface area (Å²) in [5.74, 6) is 0.417. The van der Waals surface area contributed by atoms with E-state index in [1.165, 1.54) is 19.5 Å². The van der Waals surface area contributed by atoms with Gasteiger partial charge in [-0.15, -0.1) is 0 Å². The first-order valence-electron chi connectivity index (χ1n) is 8.55. The van der Waals surface area contributed by atoms with Gasteiger partial charge in [0.2, 0.25) is 10.0 Å². The number of carbonyl (C=O) groups excluding carboxylic acids is 1. The third kappa shape index (κ3) is 3.04. The molecule has 2 bridgehead atoms. The van der Waals surface area contributed by atoms with E-state index in [1.807, 2.05) is 0 Å². The molecule has 0 spiro atoms. The average molecular weight is 429 g/mol. The summed E-state index contributed by atoms with van der Waals surface area (Å²) in [4.78, 5) is 12.9. The van der Waals surface area contributed by atoms with Gasteiger partial charge in [0.1, 0.15) is 0 Å². The van der Waals surface area contributed by atoms with E-state index in [9.17, 15) is 13.2 Å². The van der Waals surface area contributed by atoms with Crippen LogP contribution in [0, 0.1) is 16.7 Å². The highest BCUT2D eigenvalue weighted by Gasteiger charge is 2.59. The van der Waals surface area contributed by atoms with Crippen LogP contribution in [0.5, 0.6) is 0 Å². The van der Waals surface area contributed by atoms with Gasteiger partial charge in [-0.2, -0.15) is 0 Å². The molecule has 3 atom stereocenters. The highest BCUT2D eigenvalue weighted by atomic mass is 79.9. The van der Waals surface area contributed by atoms with Crippen LogP contribution in [0.2, 0.25) is 0 Å². The zero-order chi connectivity index (χ0) is 18.6. The van der Waals surface area contributed by atoms with Crippen LogP contribution in [-0.4, -0.2) is 27.4 Å². The number of benzene rings is 1. The van der Waals surface area contributed by atoms with Gasteiger partial charge >= 0.3 is 0 Å². The monoisotopic (exact) mass is 428 g/mol. The molecule has 1 aromatic carbocycles. The molecule has 2 aliphatic rings. The number of fused-ring (bicyclic) bond motifs is 2. The van der Waals surface area contributed by atoms with E-state index < -0.39 is 10.0 Å². The summed E-state index contributed by atoms with van der Waals surface area (Å²) in [5, 5.41) is 3.20. The SMILES string of the molecule is CNS(=O)(=O)c1cc(C(=O)NC2C3(C)CC[C@H](C3)C2(C)C)ccc1Br. The molecule has 1 aromatic rings. The van der Waals surface area contributed by atoms with Gasteiger partial charge in [-0.1, -0.05) is 20.8 Å². The summed E-state index contributed by atoms with van der Waals surface area (Å²) in [6.45, 7) is 6.71. The van der Waals surface area contributed by atoms with Crippen LogP contribution in [0.3, 0.4) is 0 Å². The van der Waals surface area contributed by atoms with Crippen LogP contribution in [0.15, 0.2) is 27.6 Å². The summed E-state index contributed by atoms with van der Waals surface area (Å²) in [7, 11) is -2.28. The van der Waals surface area contributed by atoms with E-state index in [0.29, 0.717) is 16.0 Å². The molecule has 0 aromatic heterocycles. The van der Waals surface area contributed by atoms with Crippen LogP contribution in [0.1, 0.15) is 50.4 Å². The Morgan fingerprint density at radius 3 is 2.52 bits per heavy atom. The average Bonchev–Trinajstić information content (AvgIpc) is 3.02. The Kier molecular flexibility index (Phi) is 4.57. The van der Waals surface area contributed by atoms with Crippen molar-refractivity contribution >= 4 is 31.9 Å². The predicted molar refractivity (Wildman–Crippen MR) is 101 cm³/mol. The van der Waals surface area contributed by atoms with E-state index in [2.05, 4.69) is 46.7 Å². The zero-order valence-corrected chi connectivity index (χ0v) is 17.4. The number of amides is 1. The van der Waals surface area contributed by atoms with Gasteiger partial charge in [-0.25, -0.2) is 13.1 Å². The van der Waals surface area contributed by atoms with Crippen LogP contribution in [-0.2, 0) is 10.0 Å². The second kappa shape index (κ2) is 6.06. The first-order chi connectivity index (χ1) is 11.5. The molecule has 2 N–H and O–H groups in total.